The molecule has 1 N–H and O–H groups in total. The Hall–Kier alpha value is -1.79. The minimum Gasteiger partial charge on any atom is -0.481 e. The molecule has 0 fully saturated rings. The highest BCUT2D eigenvalue weighted by Gasteiger charge is 2.32. The fourth-order valence-electron chi connectivity index (χ4n) is 1.16. The first-order chi connectivity index (χ1) is 7.78. The molecule has 7 heteroatoms. The zero-order valence-corrected chi connectivity index (χ0v) is 8.42. The standard InChI is InChI=1S/C10H8F4O3/c11-7-3-1-6(2-4-9(15)16)5-8(7)17-10(12,13)14/h1,3,5H,2,4H2,(H,15,16). The van der Waals surface area contributed by atoms with Gasteiger partial charge in [-0.15, -0.1) is 13.2 Å². The van der Waals surface area contributed by atoms with Crippen molar-refractivity contribution in [1.29, 1.82) is 0 Å². The number of alkyl halides is 3. The lowest BCUT2D eigenvalue weighted by Crippen LogP contribution is -2.18. The van der Waals surface area contributed by atoms with Gasteiger partial charge in [-0.05, 0) is 24.1 Å². The lowest BCUT2D eigenvalue weighted by molar-refractivity contribution is -0.275. The summed E-state index contributed by atoms with van der Waals surface area (Å²) in [5.74, 6) is -3.20. The van der Waals surface area contributed by atoms with E-state index in [-0.39, 0.29) is 18.4 Å². The zero-order valence-electron chi connectivity index (χ0n) is 8.42. The van der Waals surface area contributed by atoms with Crippen LogP contribution in [0, 0.1) is 5.82 Å². The van der Waals surface area contributed by atoms with Crippen molar-refractivity contribution in [2.24, 2.45) is 0 Å². The van der Waals surface area contributed by atoms with Crippen LogP contribution in [0.15, 0.2) is 18.2 Å². The summed E-state index contributed by atoms with van der Waals surface area (Å²) in [5, 5.41) is 8.40. The van der Waals surface area contributed by atoms with Gasteiger partial charge in [-0.25, -0.2) is 4.39 Å². The molecule has 0 aromatic heterocycles. The van der Waals surface area contributed by atoms with Crippen molar-refractivity contribution >= 4 is 5.97 Å². The third-order valence-electron chi connectivity index (χ3n) is 1.85. The fourth-order valence-corrected chi connectivity index (χ4v) is 1.16. The lowest BCUT2D eigenvalue weighted by Gasteiger charge is -2.10. The quantitative estimate of drug-likeness (QED) is 0.838. The normalized spacial score (nSPS) is 11.3. The molecule has 94 valence electrons. The van der Waals surface area contributed by atoms with Crippen molar-refractivity contribution in [3.05, 3.63) is 29.6 Å². The van der Waals surface area contributed by atoms with Gasteiger partial charge in [0.2, 0.25) is 0 Å². The number of hydrogen-bond donors (Lipinski definition) is 1. The number of aliphatic carboxylic acids is 1. The molecule has 1 aromatic carbocycles. The van der Waals surface area contributed by atoms with E-state index in [0.717, 1.165) is 12.1 Å². The van der Waals surface area contributed by atoms with Gasteiger partial charge < -0.3 is 9.84 Å². The molecule has 0 radical (unpaired) electrons. The summed E-state index contributed by atoms with van der Waals surface area (Å²) < 4.78 is 52.1. The molecule has 0 aliphatic carbocycles. The van der Waals surface area contributed by atoms with Crippen LogP contribution in [-0.2, 0) is 11.2 Å². The molecule has 0 amide bonds. The molecule has 0 saturated heterocycles. The third-order valence-corrected chi connectivity index (χ3v) is 1.85. The number of hydrogen-bond acceptors (Lipinski definition) is 2. The van der Waals surface area contributed by atoms with Crippen LogP contribution in [0.5, 0.6) is 5.75 Å². The first-order valence-corrected chi connectivity index (χ1v) is 4.54. The van der Waals surface area contributed by atoms with Gasteiger partial charge in [0.15, 0.2) is 11.6 Å². The van der Waals surface area contributed by atoms with Crippen molar-refractivity contribution in [3.8, 4) is 5.75 Å². The number of halogens is 4. The first-order valence-electron chi connectivity index (χ1n) is 4.54. The van der Waals surface area contributed by atoms with Crippen molar-refractivity contribution in [2.75, 3.05) is 0 Å². The van der Waals surface area contributed by atoms with E-state index in [1.165, 1.54) is 6.07 Å². The van der Waals surface area contributed by atoms with E-state index in [1.54, 1.807) is 0 Å². The Morgan fingerprint density at radius 3 is 2.53 bits per heavy atom. The van der Waals surface area contributed by atoms with E-state index in [4.69, 9.17) is 5.11 Å². The molecule has 0 heterocycles. The van der Waals surface area contributed by atoms with E-state index in [1.807, 2.05) is 0 Å². The Labute approximate surface area is 93.6 Å². The van der Waals surface area contributed by atoms with Crippen molar-refractivity contribution in [3.63, 3.8) is 0 Å². The van der Waals surface area contributed by atoms with E-state index in [9.17, 15) is 22.4 Å². The van der Waals surface area contributed by atoms with Crippen molar-refractivity contribution < 1.29 is 32.2 Å². The van der Waals surface area contributed by atoms with Gasteiger partial charge >= 0.3 is 12.3 Å². The van der Waals surface area contributed by atoms with Crippen LogP contribution in [0.1, 0.15) is 12.0 Å². The summed E-state index contributed by atoms with van der Waals surface area (Å²) in [5.41, 5.74) is 0.257. The summed E-state index contributed by atoms with van der Waals surface area (Å²) >= 11 is 0. The minimum atomic E-state index is -4.98. The molecule has 0 atom stereocenters. The van der Waals surface area contributed by atoms with E-state index in [0.29, 0.717) is 0 Å². The molecule has 0 unspecified atom stereocenters. The number of carboxylic acids is 1. The Balaban J connectivity index is 2.83. The molecule has 0 aliphatic heterocycles. The number of carboxylic acid groups (broad SMARTS) is 1. The molecule has 17 heavy (non-hydrogen) atoms. The van der Waals surface area contributed by atoms with Crippen LogP contribution in [0.4, 0.5) is 17.6 Å². The fraction of sp³-hybridized carbons (Fsp3) is 0.300. The molecule has 0 aliphatic rings. The third kappa shape index (κ3) is 4.71. The van der Waals surface area contributed by atoms with Gasteiger partial charge in [0, 0.05) is 6.42 Å². The highest BCUT2D eigenvalue weighted by atomic mass is 19.4. The Bertz CT molecular complexity index is 415. The zero-order chi connectivity index (χ0) is 13.1. The predicted molar refractivity (Wildman–Crippen MR) is 49.0 cm³/mol. The Kier molecular flexibility index (Phi) is 3.93. The Morgan fingerprint density at radius 1 is 1.35 bits per heavy atom. The van der Waals surface area contributed by atoms with Gasteiger partial charge in [0.25, 0.3) is 0 Å². The van der Waals surface area contributed by atoms with Gasteiger partial charge in [0.05, 0.1) is 0 Å². The van der Waals surface area contributed by atoms with Gasteiger partial charge in [0.1, 0.15) is 0 Å². The summed E-state index contributed by atoms with van der Waals surface area (Å²) in [6, 6.07) is 2.85. The SMILES string of the molecule is O=C(O)CCc1ccc(F)c(OC(F)(F)F)c1. The smallest absolute Gasteiger partial charge is 0.481 e. The number of rotatable bonds is 4. The summed E-state index contributed by atoms with van der Waals surface area (Å²) in [7, 11) is 0. The second-order valence-corrected chi connectivity index (χ2v) is 3.21. The summed E-state index contributed by atoms with van der Waals surface area (Å²) in [6.07, 6.45) is -5.23. The van der Waals surface area contributed by atoms with Crippen LogP contribution >= 0.6 is 0 Å². The monoisotopic (exact) mass is 252 g/mol. The molecular weight excluding hydrogens is 244 g/mol. The topological polar surface area (TPSA) is 46.5 Å². The molecule has 1 aromatic rings. The highest BCUT2D eigenvalue weighted by Crippen LogP contribution is 2.26. The van der Waals surface area contributed by atoms with Crippen molar-refractivity contribution in [1.82, 2.24) is 0 Å². The van der Waals surface area contributed by atoms with Crippen LogP contribution in [0.3, 0.4) is 0 Å². The van der Waals surface area contributed by atoms with Gasteiger partial charge in [-0.1, -0.05) is 6.07 Å². The van der Waals surface area contributed by atoms with Crippen LogP contribution < -0.4 is 4.74 Å². The average molecular weight is 252 g/mol. The second-order valence-electron chi connectivity index (χ2n) is 3.21. The summed E-state index contributed by atoms with van der Waals surface area (Å²) in [4.78, 5) is 10.3. The van der Waals surface area contributed by atoms with Crippen LogP contribution in [-0.4, -0.2) is 17.4 Å². The largest absolute Gasteiger partial charge is 0.573 e. The maximum atomic E-state index is 13.0. The number of ether oxygens (including phenoxy) is 1. The maximum absolute atomic E-state index is 13.0. The molecule has 0 saturated carbocycles. The van der Waals surface area contributed by atoms with Crippen LogP contribution in [0.25, 0.3) is 0 Å². The molecule has 0 spiro atoms. The average Bonchev–Trinajstić information content (AvgIpc) is 2.17. The number of benzene rings is 1. The van der Waals surface area contributed by atoms with E-state index >= 15 is 0 Å². The molecule has 1 rings (SSSR count). The Morgan fingerprint density at radius 2 is 2.00 bits per heavy atom. The van der Waals surface area contributed by atoms with E-state index < -0.39 is 23.9 Å². The van der Waals surface area contributed by atoms with Crippen LogP contribution in [0.2, 0.25) is 0 Å². The second kappa shape index (κ2) is 5.03. The van der Waals surface area contributed by atoms with Gasteiger partial charge in [-0.2, -0.15) is 0 Å². The molecule has 3 nitrogen and oxygen atoms in total. The molecule has 0 bridgehead atoms. The van der Waals surface area contributed by atoms with Crippen molar-refractivity contribution in [2.45, 2.75) is 19.2 Å². The summed E-state index contributed by atoms with van der Waals surface area (Å²) in [6.45, 7) is 0. The number of aryl methyl sites for hydroxylation is 1. The highest BCUT2D eigenvalue weighted by molar-refractivity contribution is 5.67. The van der Waals surface area contributed by atoms with E-state index in [2.05, 4.69) is 4.74 Å². The van der Waals surface area contributed by atoms with Gasteiger partial charge in [-0.3, -0.25) is 4.79 Å². The predicted octanol–water partition coefficient (Wildman–Crippen LogP) is 2.74. The minimum absolute atomic E-state index is 0.00380. The lowest BCUT2D eigenvalue weighted by atomic mass is 10.1. The molecular formula is C10H8F4O3. The first kappa shape index (κ1) is 13.3. The number of carbonyl (C=O) groups is 1. The maximum Gasteiger partial charge on any atom is 0.573 e.